The summed E-state index contributed by atoms with van der Waals surface area (Å²) in [5.41, 5.74) is 5.41. The molecule has 1 aromatic rings. The van der Waals surface area contributed by atoms with Gasteiger partial charge in [-0.25, -0.2) is 0 Å². The molecule has 0 bridgehead atoms. The van der Waals surface area contributed by atoms with Gasteiger partial charge in [0.2, 0.25) is 0 Å². The zero-order valence-corrected chi connectivity index (χ0v) is 11.7. The Morgan fingerprint density at radius 3 is 2.74 bits per heavy atom. The summed E-state index contributed by atoms with van der Waals surface area (Å²) in [4.78, 5) is 4.34. The molecule has 1 atom stereocenters. The normalized spacial score (nSPS) is 25.4. The average Bonchev–Trinajstić information content (AvgIpc) is 2.90. The molecule has 1 aromatic heterocycles. The number of hydrogen-bond acceptors (Lipinski definition) is 5. The van der Waals surface area contributed by atoms with Crippen LogP contribution in [0.2, 0.25) is 0 Å². The number of aromatic nitrogens is 2. The smallest absolute Gasteiger partial charge is 0.255 e. The summed E-state index contributed by atoms with van der Waals surface area (Å²) < 4.78 is 5.14. The number of nitrogens with two attached hydrogens (primary N) is 1. The van der Waals surface area contributed by atoms with Crippen LogP contribution >= 0.6 is 0 Å². The zero-order valence-electron chi connectivity index (χ0n) is 11.7. The molecule has 0 spiro atoms. The average molecular weight is 267 g/mol. The Bertz CT molecular complexity index is 373. The number of nitrogens with zero attached hydrogens (tertiary/aromatic N) is 2. The zero-order chi connectivity index (χ0) is 13.7. The van der Waals surface area contributed by atoms with E-state index in [0.717, 1.165) is 24.6 Å². The fourth-order valence-corrected chi connectivity index (χ4v) is 2.95. The second-order valence-electron chi connectivity index (χ2n) is 5.59. The number of aliphatic hydroxyl groups excluding tert-OH is 1. The van der Waals surface area contributed by atoms with E-state index >= 15 is 0 Å². The molecule has 19 heavy (non-hydrogen) atoms. The van der Waals surface area contributed by atoms with Crippen LogP contribution in [0.4, 0.5) is 0 Å². The Labute approximate surface area is 114 Å². The lowest BCUT2D eigenvalue weighted by atomic mass is 9.80. The number of aliphatic hydroxyl groups is 1. The van der Waals surface area contributed by atoms with Crippen molar-refractivity contribution < 1.29 is 9.63 Å². The predicted molar refractivity (Wildman–Crippen MR) is 72.5 cm³/mol. The van der Waals surface area contributed by atoms with Gasteiger partial charge in [-0.05, 0) is 44.6 Å². The van der Waals surface area contributed by atoms with Crippen LogP contribution in [-0.2, 0) is 0 Å². The highest BCUT2D eigenvalue weighted by Gasteiger charge is 2.26. The first kappa shape index (κ1) is 14.5. The second kappa shape index (κ2) is 7.01. The Hall–Kier alpha value is -0.940. The van der Waals surface area contributed by atoms with Gasteiger partial charge in [0.15, 0.2) is 5.82 Å². The summed E-state index contributed by atoms with van der Waals surface area (Å²) >= 11 is 0. The lowest BCUT2D eigenvalue weighted by Gasteiger charge is -2.26. The molecule has 5 heteroatoms. The minimum Gasteiger partial charge on any atom is -0.383 e. The Morgan fingerprint density at radius 2 is 2.11 bits per heavy atom. The van der Waals surface area contributed by atoms with E-state index in [9.17, 15) is 5.11 Å². The van der Waals surface area contributed by atoms with Crippen molar-refractivity contribution in [3.8, 4) is 0 Å². The van der Waals surface area contributed by atoms with Crippen LogP contribution in [0.1, 0.15) is 75.6 Å². The van der Waals surface area contributed by atoms with E-state index in [2.05, 4.69) is 17.1 Å². The van der Waals surface area contributed by atoms with E-state index in [4.69, 9.17) is 10.3 Å². The molecule has 1 aliphatic carbocycles. The molecular formula is C14H25N3O2. The first-order valence-corrected chi connectivity index (χ1v) is 7.46. The monoisotopic (exact) mass is 267 g/mol. The highest BCUT2D eigenvalue weighted by Crippen LogP contribution is 2.36. The first-order chi connectivity index (χ1) is 9.24. The Balaban J connectivity index is 1.89. The summed E-state index contributed by atoms with van der Waals surface area (Å²) in [5, 5.41) is 13.8. The van der Waals surface area contributed by atoms with E-state index in [0.29, 0.717) is 24.8 Å². The van der Waals surface area contributed by atoms with Crippen LogP contribution in [0.5, 0.6) is 0 Å². The van der Waals surface area contributed by atoms with Crippen molar-refractivity contribution >= 4 is 0 Å². The largest absolute Gasteiger partial charge is 0.383 e. The third kappa shape index (κ3) is 3.76. The fraction of sp³-hybridized carbons (Fsp3) is 0.857. The highest BCUT2D eigenvalue weighted by molar-refractivity contribution is 4.99. The second-order valence-corrected chi connectivity index (χ2v) is 5.59. The van der Waals surface area contributed by atoms with Gasteiger partial charge in [0.25, 0.3) is 5.89 Å². The molecule has 0 saturated heterocycles. The summed E-state index contributed by atoms with van der Waals surface area (Å²) in [7, 11) is 0. The van der Waals surface area contributed by atoms with Gasteiger partial charge in [-0.15, -0.1) is 0 Å². The van der Waals surface area contributed by atoms with Gasteiger partial charge in [-0.3, -0.25) is 0 Å². The molecule has 1 aliphatic rings. The number of hydrogen-bond donors (Lipinski definition) is 2. The third-order valence-electron chi connectivity index (χ3n) is 4.09. The van der Waals surface area contributed by atoms with Crippen molar-refractivity contribution in [2.45, 2.75) is 63.9 Å². The lowest BCUT2D eigenvalue weighted by Crippen LogP contribution is -2.14. The SMILES string of the molecule is CCCC1CCC(c2noc([C@@H](O)CCN)n2)CC1. The molecule has 0 radical (unpaired) electrons. The van der Waals surface area contributed by atoms with Crippen molar-refractivity contribution in [2.24, 2.45) is 11.7 Å². The van der Waals surface area contributed by atoms with Crippen LogP contribution < -0.4 is 5.73 Å². The van der Waals surface area contributed by atoms with Gasteiger partial charge in [0.05, 0.1) is 0 Å². The van der Waals surface area contributed by atoms with Gasteiger partial charge < -0.3 is 15.4 Å². The maximum absolute atomic E-state index is 9.77. The quantitative estimate of drug-likeness (QED) is 0.827. The van der Waals surface area contributed by atoms with Crippen molar-refractivity contribution in [1.82, 2.24) is 10.1 Å². The van der Waals surface area contributed by atoms with Crippen LogP contribution in [0.25, 0.3) is 0 Å². The Kier molecular flexibility index (Phi) is 5.34. The molecule has 0 aliphatic heterocycles. The van der Waals surface area contributed by atoms with E-state index < -0.39 is 6.10 Å². The molecule has 2 rings (SSSR count). The molecule has 1 heterocycles. The van der Waals surface area contributed by atoms with Crippen LogP contribution in [0, 0.1) is 5.92 Å². The van der Waals surface area contributed by atoms with Gasteiger partial charge in [0.1, 0.15) is 6.10 Å². The topological polar surface area (TPSA) is 85.2 Å². The number of rotatable bonds is 6. The molecule has 1 fully saturated rings. The molecule has 0 unspecified atom stereocenters. The molecule has 0 amide bonds. The molecule has 1 saturated carbocycles. The van der Waals surface area contributed by atoms with Crippen LogP contribution in [-0.4, -0.2) is 21.8 Å². The predicted octanol–water partition coefficient (Wildman–Crippen LogP) is 2.53. The fourth-order valence-electron chi connectivity index (χ4n) is 2.95. The highest BCUT2D eigenvalue weighted by atomic mass is 16.5. The molecule has 5 nitrogen and oxygen atoms in total. The summed E-state index contributed by atoms with van der Waals surface area (Å²) in [6.45, 7) is 2.66. The van der Waals surface area contributed by atoms with Crippen LogP contribution in [0.3, 0.4) is 0 Å². The minimum atomic E-state index is -0.720. The van der Waals surface area contributed by atoms with Crippen molar-refractivity contribution in [1.29, 1.82) is 0 Å². The summed E-state index contributed by atoms with van der Waals surface area (Å²) in [6, 6.07) is 0. The summed E-state index contributed by atoms with van der Waals surface area (Å²) in [5.74, 6) is 2.35. The molecular weight excluding hydrogens is 242 g/mol. The van der Waals surface area contributed by atoms with E-state index in [-0.39, 0.29) is 0 Å². The summed E-state index contributed by atoms with van der Waals surface area (Å²) in [6.07, 6.45) is 7.13. The Morgan fingerprint density at radius 1 is 1.37 bits per heavy atom. The van der Waals surface area contributed by atoms with Crippen molar-refractivity contribution in [3.63, 3.8) is 0 Å². The van der Waals surface area contributed by atoms with Crippen molar-refractivity contribution in [2.75, 3.05) is 6.54 Å². The van der Waals surface area contributed by atoms with Gasteiger partial charge in [-0.1, -0.05) is 24.9 Å². The molecule has 3 N–H and O–H groups in total. The maximum atomic E-state index is 9.77. The van der Waals surface area contributed by atoms with Crippen LogP contribution in [0.15, 0.2) is 4.52 Å². The van der Waals surface area contributed by atoms with Gasteiger partial charge in [-0.2, -0.15) is 4.98 Å². The van der Waals surface area contributed by atoms with Gasteiger partial charge in [0, 0.05) is 5.92 Å². The van der Waals surface area contributed by atoms with E-state index in [1.807, 2.05) is 0 Å². The van der Waals surface area contributed by atoms with E-state index in [1.54, 1.807) is 0 Å². The first-order valence-electron chi connectivity index (χ1n) is 7.46. The van der Waals surface area contributed by atoms with Crippen molar-refractivity contribution in [3.05, 3.63) is 11.7 Å². The third-order valence-corrected chi connectivity index (χ3v) is 4.09. The van der Waals surface area contributed by atoms with E-state index in [1.165, 1.54) is 25.7 Å². The standard InChI is InChI=1S/C14H25N3O2/c1-2-3-10-4-6-11(7-5-10)13-16-14(19-17-13)12(18)8-9-15/h10-12,18H,2-9,15H2,1H3/t10?,11?,12-/m0/s1. The van der Waals surface area contributed by atoms with Gasteiger partial charge >= 0.3 is 0 Å². The lowest BCUT2D eigenvalue weighted by molar-refractivity contribution is 0.127. The minimum absolute atomic E-state index is 0.316. The molecule has 108 valence electrons. The maximum Gasteiger partial charge on any atom is 0.255 e. The molecule has 0 aromatic carbocycles.